The normalized spacial score (nSPS) is 16.5. The number of fused-ring (bicyclic) bond motifs is 1. The molecule has 1 atom stereocenters. The first-order valence-electron chi connectivity index (χ1n) is 8.26. The van der Waals surface area contributed by atoms with Crippen molar-refractivity contribution >= 4 is 21.9 Å². The van der Waals surface area contributed by atoms with Gasteiger partial charge in [0, 0.05) is 5.56 Å². The van der Waals surface area contributed by atoms with Crippen LogP contribution in [0.2, 0.25) is 0 Å². The van der Waals surface area contributed by atoms with E-state index >= 15 is 0 Å². The standard InChI is InChI=1S/C19H19NO5S/c1-3-25-18(21)12-17-15-6-4-5-7-16(15)19(22)20(17)26(23,24)14-10-8-13(2)9-11-14/h4-11,17H,3,12H2,1-2H3/t17-/m0/s1. The summed E-state index contributed by atoms with van der Waals surface area (Å²) in [5, 5.41) is 0. The van der Waals surface area contributed by atoms with Crippen LogP contribution in [-0.2, 0) is 19.6 Å². The molecule has 136 valence electrons. The van der Waals surface area contributed by atoms with E-state index in [1.807, 2.05) is 6.92 Å². The largest absolute Gasteiger partial charge is 0.466 e. The fraction of sp³-hybridized carbons (Fsp3) is 0.263. The van der Waals surface area contributed by atoms with Gasteiger partial charge in [-0.15, -0.1) is 0 Å². The minimum atomic E-state index is -4.11. The summed E-state index contributed by atoms with van der Waals surface area (Å²) in [5.41, 5.74) is 1.71. The quantitative estimate of drug-likeness (QED) is 0.753. The highest BCUT2D eigenvalue weighted by atomic mass is 32.2. The molecule has 0 aliphatic carbocycles. The molecule has 1 aliphatic heterocycles. The Labute approximate surface area is 152 Å². The summed E-state index contributed by atoms with van der Waals surface area (Å²) >= 11 is 0. The molecule has 7 heteroatoms. The van der Waals surface area contributed by atoms with Crippen LogP contribution >= 0.6 is 0 Å². The van der Waals surface area contributed by atoms with Gasteiger partial charge in [0.25, 0.3) is 15.9 Å². The number of nitrogens with zero attached hydrogens (tertiary/aromatic N) is 1. The summed E-state index contributed by atoms with van der Waals surface area (Å²) in [6, 6.07) is 12.0. The van der Waals surface area contributed by atoms with Crippen LogP contribution in [0.1, 0.15) is 40.9 Å². The van der Waals surface area contributed by atoms with Crippen molar-refractivity contribution in [2.75, 3.05) is 6.61 Å². The van der Waals surface area contributed by atoms with E-state index in [2.05, 4.69) is 0 Å². The molecule has 0 radical (unpaired) electrons. The van der Waals surface area contributed by atoms with Crippen LogP contribution in [0.15, 0.2) is 53.4 Å². The van der Waals surface area contributed by atoms with Crippen LogP contribution in [0, 0.1) is 6.92 Å². The Kier molecular flexibility index (Phi) is 4.82. The number of aryl methyl sites for hydroxylation is 1. The highest BCUT2D eigenvalue weighted by Gasteiger charge is 2.45. The maximum Gasteiger partial charge on any atom is 0.308 e. The lowest BCUT2D eigenvalue weighted by Gasteiger charge is -2.24. The van der Waals surface area contributed by atoms with Crippen molar-refractivity contribution in [3.05, 3.63) is 65.2 Å². The summed E-state index contributed by atoms with van der Waals surface area (Å²) < 4.78 is 32.0. The van der Waals surface area contributed by atoms with E-state index in [0.29, 0.717) is 5.56 Å². The van der Waals surface area contributed by atoms with Gasteiger partial charge < -0.3 is 4.74 Å². The topological polar surface area (TPSA) is 80.8 Å². The Morgan fingerprint density at radius 1 is 1.12 bits per heavy atom. The number of benzene rings is 2. The highest BCUT2D eigenvalue weighted by Crippen LogP contribution is 2.40. The number of hydrogen-bond acceptors (Lipinski definition) is 5. The molecule has 26 heavy (non-hydrogen) atoms. The zero-order valence-electron chi connectivity index (χ0n) is 14.5. The molecule has 2 aromatic carbocycles. The molecule has 1 heterocycles. The number of amides is 1. The first-order valence-corrected chi connectivity index (χ1v) is 9.70. The van der Waals surface area contributed by atoms with Crippen LogP contribution in [0.25, 0.3) is 0 Å². The van der Waals surface area contributed by atoms with Crippen LogP contribution < -0.4 is 0 Å². The minimum Gasteiger partial charge on any atom is -0.466 e. The average Bonchev–Trinajstić information content (AvgIpc) is 2.89. The van der Waals surface area contributed by atoms with Gasteiger partial charge in [-0.25, -0.2) is 12.7 Å². The summed E-state index contributed by atoms with van der Waals surface area (Å²) in [4.78, 5) is 24.9. The Bertz CT molecular complexity index is 950. The number of rotatable bonds is 5. The Morgan fingerprint density at radius 3 is 2.42 bits per heavy atom. The number of carbonyl (C=O) groups is 2. The lowest BCUT2D eigenvalue weighted by molar-refractivity contribution is -0.143. The lowest BCUT2D eigenvalue weighted by Crippen LogP contribution is -2.35. The predicted octanol–water partition coefficient (Wildman–Crippen LogP) is 2.83. The summed E-state index contributed by atoms with van der Waals surface area (Å²) in [6.07, 6.45) is -0.221. The van der Waals surface area contributed by atoms with Crippen molar-refractivity contribution in [2.24, 2.45) is 0 Å². The molecule has 2 aromatic rings. The second kappa shape index (κ2) is 6.92. The van der Waals surface area contributed by atoms with Crippen molar-refractivity contribution in [1.29, 1.82) is 0 Å². The first kappa shape index (κ1) is 18.1. The van der Waals surface area contributed by atoms with E-state index in [0.717, 1.165) is 9.87 Å². The molecule has 6 nitrogen and oxygen atoms in total. The number of sulfonamides is 1. The maximum atomic E-state index is 13.1. The molecule has 0 aromatic heterocycles. The number of esters is 1. The lowest BCUT2D eigenvalue weighted by atomic mass is 10.0. The molecule has 0 spiro atoms. The van der Waals surface area contributed by atoms with Crippen molar-refractivity contribution < 1.29 is 22.7 Å². The Morgan fingerprint density at radius 2 is 1.77 bits per heavy atom. The van der Waals surface area contributed by atoms with Gasteiger partial charge >= 0.3 is 5.97 Å². The van der Waals surface area contributed by atoms with Crippen LogP contribution in [0.3, 0.4) is 0 Å². The molecule has 0 bridgehead atoms. The molecule has 1 amide bonds. The minimum absolute atomic E-state index is 0.0121. The molecule has 3 rings (SSSR count). The molecule has 0 saturated heterocycles. The molecule has 0 fully saturated rings. The fourth-order valence-electron chi connectivity index (χ4n) is 3.04. The third-order valence-electron chi connectivity index (χ3n) is 4.28. The first-order chi connectivity index (χ1) is 12.4. The van der Waals surface area contributed by atoms with Crippen LogP contribution in [-0.4, -0.2) is 31.2 Å². The molecule has 0 saturated carbocycles. The van der Waals surface area contributed by atoms with Crippen molar-refractivity contribution in [3.8, 4) is 0 Å². The second-order valence-electron chi connectivity index (χ2n) is 6.03. The van der Waals surface area contributed by atoms with Gasteiger partial charge in [0.15, 0.2) is 0 Å². The van der Waals surface area contributed by atoms with E-state index in [1.165, 1.54) is 12.1 Å². The Balaban J connectivity index is 2.07. The molecule has 0 unspecified atom stereocenters. The molecular formula is C19H19NO5S. The second-order valence-corrected chi connectivity index (χ2v) is 7.85. The third kappa shape index (κ3) is 3.10. The smallest absolute Gasteiger partial charge is 0.308 e. The molecular weight excluding hydrogens is 354 g/mol. The van der Waals surface area contributed by atoms with E-state index in [1.54, 1.807) is 43.3 Å². The van der Waals surface area contributed by atoms with E-state index in [-0.39, 0.29) is 23.5 Å². The van der Waals surface area contributed by atoms with Gasteiger partial charge in [0.1, 0.15) is 0 Å². The fourth-order valence-corrected chi connectivity index (χ4v) is 4.59. The van der Waals surface area contributed by atoms with Crippen molar-refractivity contribution in [2.45, 2.75) is 31.2 Å². The summed E-state index contributed by atoms with van der Waals surface area (Å²) in [6.45, 7) is 3.70. The maximum absolute atomic E-state index is 13.1. The molecule has 0 N–H and O–H groups in total. The average molecular weight is 373 g/mol. The number of hydrogen-bond donors (Lipinski definition) is 0. The predicted molar refractivity (Wildman–Crippen MR) is 95.0 cm³/mol. The van der Waals surface area contributed by atoms with Gasteiger partial charge in [-0.2, -0.15) is 0 Å². The zero-order chi connectivity index (χ0) is 18.9. The van der Waals surface area contributed by atoms with Gasteiger partial charge in [-0.1, -0.05) is 35.9 Å². The Hall–Kier alpha value is -2.67. The number of carbonyl (C=O) groups excluding carboxylic acids is 2. The van der Waals surface area contributed by atoms with Crippen molar-refractivity contribution in [1.82, 2.24) is 4.31 Å². The SMILES string of the molecule is CCOC(=O)C[C@H]1c2ccccc2C(=O)N1S(=O)(=O)c1ccc(C)cc1. The zero-order valence-corrected chi connectivity index (χ0v) is 15.3. The van der Waals surface area contributed by atoms with Gasteiger partial charge in [0.2, 0.25) is 0 Å². The van der Waals surface area contributed by atoms with Crippen LogP contribution in [0.4, 0.5) is 0 Å². The van der Waals surface area contributed by atoms with E-state index < -0.39 is 27.9 Å². The summed E-state index contributed by atoms with van der Waals surface area (Å²) in [5.74, 6) is -1.18. The monoisotopic (exact) mass is 373 g/mol. The summed E-state index contributed by atoms with van der Waals surface area (Å²) in [7, 11) is -4.11. The molecule has 1 aliphatic rings. The van der Waals surface area contributed by atoms with Gasteiger partial charge in [-0.3, -0.25) is 9.59 Å². The van der Waals surface area contributed by atoms with E-state index in [4.69, 9.17) is 4.74 Å². The van der Waals surface area contributed by atoms with Gasteiger partial charge in [-0.05, 0) is 37.6 Å². The van der Waals surface area contributed by atoms with E-state index in [9.17, 15) is 18.0 Å². The van der Waals surface area contributed by atoms with Crippen molar-refractivity contribution in [3.63, 3.8) is 0 Å². The van der Waals surface area contributed by atoms with Crippen LogP contribution in [0.5, 0.6) is 0 Å². The number of ether oxygens (including phenoxy) is 1. The van der Waals surface area contributed by atoms with Gasteiger partial charge in [0.05, 0.1) is 24.0 Å². The third-order valence-corrected chi connectivity index (χ3v) is 6.08. The highest BCUT2D eigenvalue weighted by molar-refractivity contribution is 7.89.